The highest BCUT2D eigenvalue weighted by molar-refractivity contribution is 5.97. The van der Waals surface area contributed by atoms with Gasteiger partial charge in [0.1, 0.15) is 11.4 Å². The molecule has 0 amide bonds. The van der Waals surface area contributed by atoms with Gasteiger partial charge < -0.3 is 4.74 Å². The number of aromatic nitrogens is 2. The number of nitrogens with zero attached hydrogens (tertiary/aromatic N) is 2. The molecule has 0 fully saturated rings. The third-order valence-corrected chi connectivity index (χ3v) is 3.06. The first kappa shape index (κ1) is 15.1. The van der Waals surface area contributed by atoms with Crippen molar-refractivity contribution in [3.8, 4) is 0 Å². The molecular weight excluding hydrogens is 268 g/mol. The van der Waals surface area contributed by atoms with Crippen LogP contribution in [-0.2, 0) is 17.9 Å². The van der Waals surface area contributed by atoms with Crippen molar-refractivity contribution in [3.05, 3.63) is 53.3 Å². The molecule has 5 heteroatoms. The summed E-state index contributed by atoms with van der Waals surface area (Å²) in [6.45, 7) is 4.27. The molecule has 0 unspecified atom stereocenters. The molecule has 1 heterocycles. The van der Waals surface area contributed by atoms with Gasteiger partial charge in [0.2, 0.25) is 0 Å². The van der Waals surface area contributed by atoms with Gasteiger partial charge >= 0.3 is 0 Å². The van der Waals surface area contributed by atoms with Gasteiger partial charge in [0.25, 0.3) is 0 Å². The topological polar surface area (TPSA) is 61.2 Å². The molecule has 2 aromatic rings. The fourth-order valence-corrected chi connectivity index (χ4v) is 1.96. The van der Waals surface area contributed by atoms with Gasteiger partial charge in [0, 0.05) is 13.8 Å². The van der Waals surface area contributed by atoms with Gasteiger partial charge in [-0.1, -0.05) is 30.3 Å². The van der Waals surface area contributed by atoms with Crippen LogP contribution in [0.4, 0.5) is 0 Å². The van der Waals surface area contributed by atoms with Gasteiger partial charge in [0.15, 0.2) is 11.6 Å². The maximum Gasteiger partial charge on any atom is 0.180 e. The van der Waals surface area contributed by atoms with Crippen LogP contribution in [0.2, 0.25) is 0 Å². The van der Waals surface area contributed by atoms with Crippen LogP contribution in [0.25, 0.3) is 0 Å². The van der Waals surface area contributed by atoms with Crippen LogP contribution in [0.1, 0.15) is 40.4 Å². The summed E-state index contributed by atoms with van der Waals surface area (Å²) in [7, 11) is 0. The van der Waals surface area contributed by atoms with E-state index >= 15 is 0 Å². The highest BCUT2D eigenvalue weighted by Gasteiger charge is 2.14. The second-order valence-corrected chi connectivity index (χ2v) is 4.79. The number of hydrogen-bond acceptors (Lipinski definition) is 4. The first-order chi connectivity index (χ1) is 10.1. The normalized spacial score (nSPS) is 10.6. The van der Waals surface area contributed by atoms with Crippen LogP contribution in [-0.4, -0.2) is 28.0 Å². The molecule has 5 nitrogen and oxygen atoms in total. The van der Waals surface area contributed by atoms with E-state index in [4.69, 9.17) is 4.74 Å². The fourth-order valence-electron chi connectivity index (χ4n) is 1.96. The van der Waals surface area contributed by atoms with Crippen molar-refractivity contribution in [2.45, 2.75) is 27.0 Å². The Kier molecular flexibility index (Phi) is 5.00. The standard InChI is InChI=1S/C16H18N2O3/c1-12(19)15-10-16(13(2)20)18(17-15)8-9-21-11-14-6-4-3-5-7-14/h3-7,10H,8-9,11H2,1-2H3. The maximum absolute atomic E-state index is 11.5. The molecule has 0 atom stereocenters. The van der Waals surface area contributed by atoms with Gasteiger partial charge in [0.05, 0.1) is 19.8 Å². The van der Waals surface area contributed by atoms with Gasteiger partial charge in [-0.05, 0) is 11.6 Å². The monoisotopic (exact) mass is 286 g/mol. The molecule has 0 aliphatic rings. The second-order valence-electron chi connectivity index (χ2n) is 4.79. The number of ketones is 2. The van der Waals surface area contributed by atoms with E-state index < -0.39 is 0 Å². The summed E-state index contributed by atoms with van der Waals surface area (Å²) in [5, 5.41) is 4.14. The molecule has 0 saturated carbocycles. The van der Waals surface area contributed by atoms with Crippen molar-refractivity contribution in [1.29, 1.82) is 0 Å². The zero-order chi connectivity index (χ0) is 15.2. The van der Waals surface area contributed by atoms with Crippen molar-refractivity contribution < 1.29 is 14.3 Å². The molecule has 0 spiro atoms. The van der Waals surface area contributed by atoms with Crippen LogP contribution in [0, 0.1) is 0 Å². The fraction of sp³-hybridized carbons (Fsp3) is 0.312. The van der Waals surface area contributed by atoms with Crippen molar-refractivity contribution in [1.82, 2.24) is 9.78 Å². The Morgan fingerprint density at radius 1 is 1.14 bits per heavy atom. The molecule has 0 saturated heterocycles. The summed E-state index contributed by atoms with van der Waals surface area (Å²) >= 11 is 0. The van der Waals surface area contributed by atoms with E-state index in [9.17, 15) is 9.59 Å². The lowest BCUT2D eigenvalue weighted by Gasteiger charge is -2.06. The van der Waals surface area contributed by atoms with E-state index in [1.165, 1.54) is 24.6 Å². The summed E-state index contributed by atoms with van der Waals surface area (Å²) in [6, 6.07) is 11.4. The molecule has 0 aliphatic carbocycles. The minimum absolute atomic E-state index is 0.113. The number of hydrogen-bond donors (Lipinski definition) is 0. The minimum atomic E-state index is -0.151. The third kappa shape index (κ3) is 4.10. The number of benzene rings is 1. The molecule has 0 N–H and O–H groups in total. The zero-order valence-corrected chi connectivity index (χ0v) is 12.2. The summed E-state index contributed by atoms with van der Waals surface area (Å²) < 4.78 is 7.10. The molecule has 0 radical (unpaired) electrons. The lowest BCUT2D eigenvalue weighted by Crippen LogP contribution is -2.13. The summed E-state index contributed by atoms with van der Waals surface area (Å²) in [5.74, 6) is -0.264. The summed E-state index contributed by atoms with van der Waals surface area (Å²) in [5.41, 5.74) is 1.83. The number of ether oxygens (including phenoxy) is 1. The third-order valence-electron chi connectivity index (χ3n) is 3.06. The first-order valence-electron chi connectivity index (χ1n) is 6.79. The number of rotatable bonds is 7. The average molecular weight is 286 g/mol. The number of carbonyl (C=O) groups excluding carboxylic acids is 2. The van der Waals surface area contributed by atoms with Crippen LogP contribution < -0.4 is 0 Å². The molecule has 21 heavy (non-hydrogen) atoms. The largest absolute Gasteiger partial charge is 0.375 e. The predicted octanol–water partition coefficient (Wildman–Crippen LogP) is 2.51. The Labute approximate surface area is 123 Å². The van der Waals surface area contributed by atoms with E-state index in [-0.39, 0.29) is 11.6 Å². The van der Waals surface area contributed by atoms with Crippen molar-refractivity contribution in [2.75, 3.05) is 6.61 Å². The number of carbonyl (C=O) groups is 2. The smallest absolute Gasteiger partial charge is 0.180 e. The van der Waals surface area contributed by atoms with E-state index in [1.807, 2.05) is 30.3 Å². The molecule has 1 aromatic carbocycles. The van der Waals surface area contributed by atoms with Crippen molar-refractivity contribution in [3.63, 3.8) is 0 Å². The molecular formula is C16H18N2O3. The van der Waals surface area contributed by atoms with E-state index in [0.29, 0.717) is 31.1 Å². The Hall–Kier alpha value is -2.27. The molecule has 1 aromatic heterocycles. The summed E-state index contributed by atoms with van der Waals surface area (Å²) in [4.78, 5) is 22.9. The lowest BCUT2D eigenvalue weighted by molar-refractivity contribution is 0.0971. The highest BCUT2D eigenvalue weighted by atomic mass is 16.5. The van der Waals surface area contributed by atoms with Gasteiger partial charge in [-0.2, -0.15) is 5.10 Å². The SMILES string of the molecule is CC(=O)c1cc(C(C)=O)n(CCOCc2ccccc2)n1. The van der Waals surface area contributed by atoms with E-state index in [2.05, 4.69) is 5.10 Å². The van der Waals surface area contributed by atoms with E-state index in [1.54, 1.807) is 0 Å². The number of Topliss-reactive ketones (excluding diaryl/α,β-unsaturated/α-hetero) is 2. The van der Waals surface area contributed by atoms with Gasteiger partial charge in [-0.25, -0.2) is 0 Å². The Morgan fingerprint density at radius 2 is 1.86 bits per heavy atom. The van der Waals surface area contributed by atoms with Gasteiger partial charge in [-0.15, -0.1) is 0 Å². The predicted molar refractivity (Wildman–Crippen MR) is 78.3 cm³/mol. The second kappa shape index (κ2) is 6.95. The zero-order valence-electron chi connectivity index (χ0n) is 12.2. The van der Waals surface area contributed by atoms with Crippen LogP contribution in [0.15, 0.2) is 36.4 Å². The molecule has 2 rings (SSSR count). The highest BCUT2D eigenvalue weighted by Crippen LogP contribution is 2.07. The van der Waals surface area contributed by atoms with Crippen molar-refractivity contribution in [2.24, 2.45) is 0 Å². The Morgan fingerprint density at radius 3 is 2.48 bits per heavy atom. The first-order valence-corrected chi connectivity index (χ1v) is 6.79. The minimum Gasteiger partial charge on any atom is -0.375 e. The molecule has 110 valence electrons. The maximum atomic E-state index is 11.5. The summed E-state index contributed by atoms with van der Waals surface area (Å²) in [6.07, 6.45) is 0. The molecule has 0 bridgehead atoms. The van der Waals surface area contributed by atoms with Gasteiger partial charge in [-0.3, -0.25) is 14.3 Å². The Bertz CT molecular complexity index is 632. The van der Waals surface area contributed by atoms with Crippen LogP contribution in [0.5, 0.6) is 0 Å². The lowest BCUT2D eigenvalue weighted by atomic mass is 10.2. The van der Waals surface area contributed by atoms with Crippen molar-refractivity contribution >= 4 is 11.6 Å². The van der Waals surface area contributed by atoms with Crippen LogP contribution >= 0.6 is 0 Å². The quantitative estimate of drug-likeness (QED) is 0.579. The Balaban J connectivity index is 1.93. The average Bonchev–Trinajstić information content (AvgIpc) is 2.89. The van der Waals surface area contributed by atoms with Crippen LogP contribution in [0.3, 0.4) is 0 Å². The van der Waals surface area contributed by atoms with E-state index in [0.717, 1.165) is 5.56 Å². The molecule has 0 aliphatic heterocycles.